The zero-order valence-corrected chi connectivity index (χ0v) is 17.7. The summed E-state index contributed by atoms with van der Waals surface area (Å²) in [5.74, 6) is 1.09. The number of benzene rings is 2. The Hall–Kier alpha value is -3.14. The third-order valence-corrected chi connectivity index (χ3v) is 6.52. The van der Waals surface area contributed by atoms with Crippen molar-refractivity contribution in [3.8, 4) is 6.07 Å². The summed E-state index contributed by atoms with van der Waals surface area (Å²) < 4.78 is 2.23. The molecular weight excluding hydrogens is 410 g/mol. The summed E-state index contributed by atoms with van der Waals surface area (Å²) in [6.45, 7) is 1.79. The minimum absolute atomic E-state index is 0.0841. The summed E-state index contributed by atoms with van der Waals surface area (Å²) in [5.41, 5.74) is 2.70. The standard InChI is InChI=1S/C24H22ClN5O/c25-19-2-1-3-20(14-19)29-13-12-28(16-23(29)31)22-9-8-21(30-11-10-27-24(22)30)18-6-4-17(15-26)5-7-18/h1-7,10-11,14,21-22H,8-9,12-13,16H2/t21-,22+/m1/s1. The predicted octanol–water partition coefficient (Wildman–Crippen LogP) is 4.18. The van der Waals surface area contributed by atoms with Gasteiger partial charge in [0.25, 0.3) is 0 Å². The largest absolute Gasteiger partial charge is 0.326 e. The van der Waals surface area contributed by atoms with Crippen molar-refractivity contribution in [1.29, 1.82) is 5.26 Å². The molecule has 5 rings (SSSR count). The minimum Gasteiger partial charge on any atom is -0.326 e. The summed E-state index contributed by atoms with van der Waals surface area (Å²) in [4.78, 5) is 21.7. The Kier molecular flexibility index (Phi) is 5.23. The lowest BCUT2D eigenvalue weighted by Crippen LogP contribution is -2.52. The second-order valence-electron chi connectivity index (χ2n) is 8.03. The minimum atomic E-state index is 0.0841. The van der Waals surface area contributed by atoms with E-state index in [0.717, 1.165) is 30.9 Å². The highest BCUT2D eigenvalue weighted by Gasteiger charge is 2.36. The van der Waals surface area contributed by atoms with E-state index in [0.29, 0.717) is 23.7 Å². The molecule has 0 saturated carbocycles. The topological polar surface area (TPSA) is 65.2 Å². The average molecular weight is 432 g/mol. The predicted molar refractivity (Wildman–Crippen MR) is 119 cm³/mol. The Balaban J connectivity index is 1.34. The fraction of sp³-hybridized carbons (Fsp3) is 0.292. The maximum absolute atomic E-state index is 12.9. The molecule has 1 amide bonds. The fourth-order valence-electron chi connectivity index (χ4n) is 4.76. The number of imidazole rings is 1. The van der Waals surface area contributed by atoms with Crippen LogP contribution in [0.5, 0.6) is 0 Å². The third-order valence-electron chi connectivity index (χ3n) is 6.28. The number of carbonyl (C=O) groups excluding carboxylic acids is 1. The number of nitrogens with zero attached hydrogens (tertiary/aromatic N) is 5. The number of nitriles is 1. The normalized spacial score (nSPS) is 21.5. The summed E-state index contributed by atoms with van der Waals surface area (Å²) in [7, 11) is 0. The molecule has 2 aliphatic heterocycles. The summed E-state index contributed by atoms with van der Waals surface area (Å²) in [5, 5.41) is 9.70. The molecule has 2 atom stereocenters. The number of amides is 1. The molecule has 0 unspecified atom stereocenters. The van der Waals surface area contributed by atoms with Gasteiger partial charge in [-0.15, -0.1) is 0 Å². The van der Waals surface area contributed by atoms with Gasteiger partial charge in [-0.25, -0.2) is 4.98 Å². The molecule has 6 nitrogen and oxygen atoms in total. The number of hydrogen-bond acceptors (Lipinski definition) is 4. The SMILES string of the molecule is N#Cc1ccc([C@H]2CC[C@H](N3CCN(c4cccc(Cl)c4)C(=O)C3)c3nccn32)cc1. The van der Waals surface area contributed by atoms with Gasteiger partial charge in [-0.3, -0.25) is 9.69 Å². The molecule has 1 aromatic heterocycles. The summed E-state index contributed by atoms with van der Waals surface area (Å²) in [6, 6.07) is 17.7. The van der Waals surface area contributed by atoms with E-state index in [1.54, 1.807) is 0 Å². The molecule has 3 aromatic rings. The molecule has 0 spiro atoms. The number of aromatic nitrogens is 2. The Bertz CT molecular complexity index is 1150. The summed E-state index contributed by atoms with van der Waals surface area (Å²) in [6.07, 6.45) is 5.76. The van der Waals surface area contributed by atoms with Crippen LogP contribution in [0.4, 0.5) is 5.69 Å². The molecule has 7 heteroatoms. The molecule has 0 radical (unpaired) electrons. The van der Waals surface area contributed by atoms with Gasteiger partial charge in [0.05, 0.1) is 30.3 Å². The van der Waals surface area contributed by atoms with Crippen molar-refractivity contribution in [2.24, 2.45) is 0 Å². The molecule has 31 heavy (non-hydrogen) atoms. The van der Waals surface area contributed by atoms with Crippen molar-refractivity contribution in [2.45, 2.75) is 24.9 Å². The van der Waals surface area contributed by atoms with E-state index >= 15 is 0 Å². The van der Waals surface area contributed by atoms with Crippen molar-refractivity contribution < 1.29 is 4.79 Å². The summed E-state index contributed by atoms with van der Waals surface area (Å²) >= 11 is 6.11. The lowest BCUT2D eigenvalue weighted by Gasteiger charge is -2.41. The van der Waals surface area contributed by atoms with Crippen molar-refractivity contribution in [3.05, 3.63) is 82.9 Å². The Morgan fingerprint density at radius 3 is 2.61 bits per heavy atom. The van der Waals surface area contributed by atoms with Gasteiger partial charge in [-0.05, 0) is 48.7 Å². The number of hydrogen-bond donors (Lipinski definition) is 0. The Morgan fingerprint density at radius 1 is 1.06 bits per heavy atom. The highest BCUT2D eigenvalue weighted by atomic mass is 35.5. The molecule has 1 fully saturated rings. The zero-order valence-electron chi connectivity index (χ0n) is 17.0. The van der Waals surface area contributed by atoms with Crippen LogP contribution in [0, 0.1) is 11.3 Å². The van der Waals surface area contributed by atoms with Gasteiger partial charge < -0.3 is 9.47 Å². The van der Waals surface area contributed by atoms with Crippen LogP contribution < -0.4 is 4.90 Å². The first-order chi connectivity index (χ1) is 15.1. The van der Waals surface area contributed by atoms with Crippen LogP contribution in [0.1, 0.15) is 41.9 Å². The van der Waals surface area contributed by atoms with Crippen LogP contribution >= 0.6 is 11.6 Å². The number of piperazine rings is 1. The van der Waals surface area contributed by atoms with E-state index in [2.05, 4.69) is 20.5 Å². The fourth-order valence-corrected chi connectivity index (χ4v) is 4.94. The van der Waals surface area contributed by atoms with E-state index in [4.69, 9.17) is 16.9 Å². The van der Waals surface area contributed by atoms with Crippen molar-refractivity contribution >= 4 is 23.2 Å². The maximum Gasteiger partial charge on any atom is 0.241 e. The number of halogens is 1. The molecule has 1 saturated heterocycles. The number of fused-ring (bicyclic) bond motifs is 1. The van der Waals surface area contributed by atoms with E-state index in [1.807, 2.05) is 65.8 Å². The quantitative estimate of drug-likeness (QED) is 0.624. The average Bonchev–Trinajstić information content (AvgIpc) is 3.28. The van der Waals surface area contributed by atoms with E-state index in [1.165, 1.54) is 5.56 Å². The van der Waals surface area contributed by atoms with Crippen molar-refractivity contribution in [3.63, 3.8) is 0 Å². The molecule has 0 bridgehead atoms. The van der Waals surface area contributed by atoms with Gasteiger partial charge in [-0.1, -0.05) is 29.8 Å². The molecule has 0 aliphatic carbocycles. The van der Waals surface area contributed by atoms with E-state index < -0.39 is 0 Å². The van der Waals surface area contributed by atoms with Crippen LogP contribution in [-0.4, -0.2) is 40.0 Å². The Morgan fingerprint density at radius 2 is 1.87 bits per heavy atom. The van der Waals surface area contributed by atoms with Crippen LogP contribution in [-0.2, 0) is 4.79 Å². The number of carbonyl (C=O) groups is 1. The van der Waals surface area contributed by atoms with Crippen LogP contribution in [0.15, 0.2) is 60.9 Å². The van der Waals surface area contributed by atoms with Crippen molar-refractivity contribution in [2.75, 3.05) is 24.5 Å². The smallest absolute Gasteiger partial charge is 0.241 e. The number of rotatable bonds is 3. The molecule has 156 valence electrons. The van der Waals surface area contributed by atoms with Gasteiger partial charge in [0.2, 0.25) is 5.91 Å². The highest BCUT2D eigenvalue weighted by molar-refractivity contribution is 6.30. The Labute approximate surface area is 186 Å². The lowest BCUT2D eigenvalue weighted by atomic mass is 9.93. The molecule has 3 heterocycles. The van der Waals surface area contributed by atoms with Crippen LogP contribution in [0.3, 0.4) is 0 Å². The van der Waals surface area contributed by atoms with Gasteiger partial charge in [0.1, 0.15) is 5.82 Å². The zero-order chi connectivity index (χ0) is 21.4. The molecule has 2 aliphatic rings. The number of anilines is 1. The first kappa shape index (κ1) is 19.8. The second-order valence-corrected chi connectivity index (χ2v) is 8.47. The van der Waals surface area contributed by atoms with Gasteiger partial charge in [0.15, 0.2) is 0 Å². The first-order valence-corrected chi connectivity index (χ1v) is 10.8. The first-order valence-electron chi connectivity index (χ1n) is 10.5. The van der Waals surface area contributed by atoms with E-state index in [9.17, 15) is 4.79 Å². The maximum atomic E-state index is 12.9. The van der Waals surface area contributed by atoms with Gasteiger partial charge in [0, 0.05) is 36.2 Å². The lowest BCUT2D eigenvalue weighted by molar-refractivity contribution is -0.122. The molecular formula is C24H22ClN5O. The van der Waals surface area contributed by atoms with Gasteiger partial charge >= 0.3 is 0 Å². The molecule has 2 aromatic carbocycles. The molecule has 0 N–H and O–H groups in total. The van der Waals surface area contributed by atoms with Crippen LogP contribution in [0.2, 0.25) is 5.02 Å². The second kappa shape index (κ2) is 8.18. The third kappa shape index (κ3) is 3.71. The monoisotopic (exact) mass is 431 g/mol. The van der Waals surface area contributed by atoms with Crippen LogP contribution in [0.25, 0.3) is 0 Å². The van der Waals surface area contributed by atoms with E-state index in [-0.39, 0.29) is 18.0 Å². The van der Waals surface area contributed by atoms with Crippen molar-refractivity contribution in [1.82, 2.24) is 14.5 Å². The highest BCUT2D eigenvalue weighted by Crippen LogP contribution is 2.38. The van der Waals surface area contributed by atoms with Gasteiger partial charge in [-0.2, -0.15) is 5.26 Å².